The highest BCUT2D eigenvalue weighted by atomic mass is 16.6. The van der Waals surface area contributed by atoms with E-state index < -0.39 is 60.2 Å². The summed E-state index contributed by atoms with van der Waals surface area (Å²) in [6.07, 6.45) is 0.705. The fourth-order valence-corrected chi connectivity index (χ4v) is 7.98. The lowest BCUT2D eigenvalue weighted by Gasteiger charge is -2.41. The van der Waals surface area contributed by atoms with Gasteiger partial charge in [-0.25, -0.2) is 10.7 Å². The first-order valence-corrected chi connectivity index (χ1v) is 20.0. The van der Waals surface area contributed by atoms with Gasteiger partial charge in [-0.3, -0.25) is 24.1 Å². The number of methoxy groups -OCH3 is 2. The van der Waals surface area contributed by atoms with E-state index in [2.05, 4.69) is 10.6 Å². The van der Waals surface area contributed by atoms with Crippen LogP contribution in [0.4, 0.5) is 0 Å². The first-order chi connectivity index (χ1) is 26.4. The summed E-state index contributed by atoms with van der Waals surface area (Å²) in [4.78, 5) is 77.8. The number of carbonyl (C=O) groups is 5. The van der Waals surface area contributed by atoms with Gasteiger partial charge in [0.05, 0.1) is 49.3 Å². The zero-order chi connectivity index (χ0) is 42.3. The smallest absolute Gasteiger partial charge is 0.326 e. The molecule has 0 radical (unpaired) electrons. The molecule has 9 atom stereocenters. The number of carboxylic acid groups (broad SMARTS) is 1. The van der Waals surface area contributed by atoms with Gasteiger partial charge in [-0.2, -0.15) is 0 Å². The van der Waals surface area contributed by atoms with Gasteiger partial charge >= 0.3 is 5.97 Å². The minimum absolute atomic E-state index is 0.0308. The molecule has 9 unspecified atom stereocenters. The summed E-state index contributed by atoms with van der Waals surface area (Å²) < 4.78 is 11.9. The molecule has 1 aromatic carbocycles. The average Bonchev–Trinajstić information content (AvgIpc) is 3.65. The average molecular weight is 791 g/mol. The Morgan fingerprint density at radius 2 is 1.59 bits per heavy atom. The molecule has 1 aliphatic rings. The van der Waals surface area contributed by atoms with Crippen LogP contribution in [-0.2, 0) is 44.7 Å². The molecule has 1 aromatic rings. The summed E-state index contributed by atoms with van der Waals surface area (Å²) in [7, 11) is 6.54. The van der Waals surface area contributed by atoms with Crippen LogP contribution in [0.3, 0.4) is 0 Å². The Hall–Kier alpha value is -3.63. The number of hydrogen-bond acceptors (Lipinski definition) is 10. The molecule has 5 N–H and O–H groups in total. The molecular weight excluding hydrogens is 720 g/mol. The van der Waals surface area contributed by atoms with Crippen molar-refractivity contribution in [3.05, 3.63) is 35.9 Å². The van der Waals surface area contributed by atoms with Gasteiger partial charge in [-0.15, -0.1) is 0 Å². The number of nitrogens with one attached hydrogen (secondary N) is 2. The van der Waals surface area contributed by atoms with Crippen LogP contribution < -0.4 is 16.5 Å². The van der Waals surface area contributed by atoms with Crippen LogP contribution in [0.5, 0.6) is 0 Å². The maximum atomic E-state index is 14.3. The number of nitrogens with zero attached hydrogens (tertiary/aromatic N) is 3. The maximum Gasteiger partial charge on any atom is 0.326 e. The lowest BCUT2D eigenvalue weighted by molar-refractivity contribution is -0.148. The van der Waals surface area contributed by atoms with E-state index in [-0.39, 0.29) is 54.9 Å². The Morgan fingerprint density at radius 1 is 0.946 bits per heavy atom. The molecular formula is C41H70N6O9. The fourth-order valence-electron chi connectivity index (χ4n) is 7.98. The number of carbonyl (C=O) groups excluding carboxylic acids is 4. The van der Waals surface area contributed by atoms with Crippen LogP contribution in [-0.4, -0.2) is 140 Å². The van der Waals surface area contributed by atoms with Crippen molar-refractivity contribution in [2.75, 3.05) is 48.0 Å². The molecule has 15 heteroatoms. The van der Waals surface area contributed by atoms with Crippen LogP contribution in [0, 0.1) is 23.7 Å². The highest BCUT2D eigenvalue weighted by molar-refractivity contribution is 5.90. The Kier molecular flexibility index (Phi) is 20.4. The number of likely N-dealkylation sites (N-methyl/N-ethyl adjacent to an activating group) is 2. The van der Waals surface area contributed by atoms with Gasteiger partial charge in [-0.1, -0.05) is 85.2 Å². The minimum Gasteiger partial charge on any atom is -0.480 e. The third-order valence-corrected chi connectivity index (χ3v) is 11.3. The molecule has 4 amide bonds. The zero-order valence-electron chi connectivity index (χ0n) is 35.5. The third kappa shape index (κ3) is 13.2. The van der Waals surface area contributed by atoms with E-state index in [0.29, 0.717) is 32.4 Å². The molecule has 0 spiro atoms. The summed E-state index contributed by atoms with van der Waals surface area (Å²) >= 11 is 0. The van der Waals surface area contributed by atoms with E-state index in [4.69, 9.17) is 20.2 Å². The summed E-state index contributed by atoms with van der Waals surface area (Å²) in [6.45, 7) is 14.5. The normalized spacial score (nSPS) is 18.8. The Bertz CT molecular complexity index is 1400. The Balaban J connectivity index is 2.28. The molecule has 0 aromatic heterocycles. The Labute approximate surface area is 334 Å². The number of carboxylic acids is 1. The van der Waals surface area contributed by atoms with Gasteiger partial charge in [0.1, 0.15) is 12.1 Å². The number of ether oxygens (including phenoxy) is 2. The van der Waals surface area contributed by atoms with Crippen molar-refractivity contribution in [3.8, 4) is 0 Å². The third-order valence-electron chi connectivity index (χ3n) is 11.3. The van der Waals surface area contributed by atoms with E-state index >= 15 is 0 Å². The monoisotopic (exact) mass is 791 g/mol. The van der Waals surface area contributed by atoms with E-state index in [9.17, 15) is 29.1 Å². The van der Waals surface area contributed by atoms with Crippen molar-refractivity contribution in [3.63, 3.8) is 0 Å². The number of hydrogen-bond donors (Lipinski definition) is 4. The predicted octanol–water partition coefficient (Wildman–Crippen LogP) is 2.71. The zero-order valence-corrected chi connectivity index (χ0v) is 35.5. The number of nitrogens with two attached hydrogens (primary N) is 1. The van der Waals surface area contributed by atoms with E-state index in [1.165, 1.54) is 14.2 Å². The highest BCUT2D eigenvalue weighted by Crippen LogP contribution is 2.30. The second kappa shape index (κ2) is 23.6. The lowest BCUT2D eigenvalue weighted by Crippen LogP contribution is -2.60. The molecule has 1 aliphatic heterocycles. The van der Waals surface area contributed by atoms with Crippen molar-refractivity contribution in [1.82, 2.24) is 25.3 Å². The predicted molar refractivity (Wildman–Crippen MR) is 214 cm³/mol. The van der Waals surface area contributed by atoms with Gasteiger partial charge in [-0.05, 0) is 43.2 Å². The van der Waals surface area contributed by atoms with Gasteiger partial charge in [0, 0.05) is 40.8 Å². The van der Waals surface area contributed by atoms with Crippen LogP contribution in [0.25, 0.3) is 0 Å². The molecule has 318 valence electrons. The van der Waals surface area contributed by atoms with Gasteiger partial charge < -0.3 is 39.9 Å². The van der Waals surface area contributed by atoms with Gasteiger partial charge in [0.15, 0.2) is 0 Å². The fraction of sp³-hybridized carbons (Fsp3) is 0.732. The van der Waals surface area contributed by atoms with Crippen LogP contribution in [0.1, 0.15) is 79.7 Å². The van der Waals surface area contributed by atoms with E-state index in [1.54, 1.807) is 23.8 Å². The van der Waals surface area contributed by atoms with Crippen molar-refractivity contribution >= 4 is 29.6 Å². The molecule has 0 aliphatic carbocycles. The first-order valence-electron chi connectivity index (χ1n) is 20.0. The second-order valence-corrected chi connectivity index (χ2v) is 15.9. The summed E-state index contributed by atoms with van der Waals surface area (Å²) in [5.41, 5.74) is 0.779. The van der Waals surface area contributed by atoms with Gasteiger partial charge in [0.2, 0.25) is 23.6 Å². The Morgan fingerprint density at radius 3 is 2.11 bits per heavy atom. The van der Waals surface area contributed by atoms with Crippen LogP contribution in [0.2, 0.25) is 0 Å². The van der Waals surface area contributed by atoms with E-state index in [0.717, 1.165) is 5.56 Å². The molecule has 1 heterocycles. The number of rotatable bonds is 24. The molecule has 1 saturated heterocycles. The second-order valence-electron chi connectivity index (χ2n) is 15.9. The van der Waals surface area contributed by atoms with E-state index in [1.807, 2.05) is 83.8 Å². The number of benzene rings is 1. The molecule has 2 rings (SSSR count). The SMILES string of the molecule is CCC(C)C(C(CC(=O)N1CCCC1C(OC)C(C)C(=O)NC(Cc1ccccc1)C(=O)O)OC)N(C)C(=O)C(NC(=O)C(C(C)C)N(C)CCON)C(C)C. The topological polar surface area (TPSA) is 193 Å². The van der Waals surface area contributed by atoms with Crippen molar-refractivity contribution in [1.29, 1.82) is 0 Å². The van der Waals surface area contributed by atoms with Crippen molar-refractivity contribution in [2.24, 2.45) is 29.6 Å². The lowest BCUT2D eigenvalue weighted by atomic mass is 9.89. The number of likely N-dealkylation sites (tertiary alicyclic amines) is 1. The molecule has 0 saturated carbocycles. The summed E-state index contributed by atoms with van der Waals surface area (Å²) in [5.74, 6) is 1.72. The van der Waals surface area contributed by atoms with Crippen molar-refractivity contribution < 1.29 is 43.4 Å². The molecule has 15 nitrogen and oxygen atoms in total. The molecule has 56 heavy (non-hydrogen) atoms. The summed E-state index contributed by atoms with van der Waals surface area (Å²) in [6, 6.07) is 5.65. The minimum atomic E-state index is -1.14. The number of aliphatic carboxylic acids is 1. The highest BCUT2D eigenvalue weighted by Gasteiger charge is 2.43. The van der Waals surface area contributed by atoms with Crippen LogP contribution >= 0.6 is 0 Å². The molecule has 1 fully saturated rings. The van der Waals surface area contributed by atoms with Gasteiger partial charge in [0.25, 0.3) is 0 Å². The summed E-state index contributed by atoms with van der Waals surface area (Å²) in [5, 5.41) is 15.6. The first kappa shape index (κ1) is 48.5. The van der Waals surface area contributed by atoms with Crippen LogP contribution in [0.15, 0.2) is 30.3 Å². The quantitative estimate of drug-likeness (QED) is 0.113. The largest absolute Gasteiger partial charge is 0.480 e. The maximum absolute atomic E-state index is 14.3. The number of amides is 4. The standard InChI is InChI=1S/C41H70N6O9/c1-12-27(6)36(46(9)40(51)34(25(2)3)44-39(50)35(26(4)5)45(8)21-22-56-42)32(54-10)24-33(48)47-20-16-19-31(47)37(55-11)28(7)38(49)43-30(41(52)53)23-29-17-14-13-15-18-29/h13-15,17-18,25-28,30-32,34-37H,12,16,19-24,42H2,1-11H3,(H,43,49)(H,44,50)(H,52,53). The van der Waals surface area contributed by atoms with Crippen molar-refractivity contribution in [2.45, 2.75) is 123 Å². The molecule has 0 bridgehead atoms.